The van der Waals surface area contributed by atoms with Crippen LogP contribution in [0.2, 0.25) is 5.02 Å². The highest BCUT2D eigenvalue weighted by Crippen LogP contribution is 2.20. The SMILES string of the molecule is O=C(NCc1ccccc1Cl)c1cc(COc2ccccc2F)cs1. The van der Waals surface area contributed by atoms with Crippen LogP contribution in [0.3, 0.4) is 0 Å². The van der Waals surface area contributed by atoms with E-state index < -0.39 is 5.82 Å². The molecule has 0 atom stereocenters. The first-order valence-corrected chi connectivity index (χ1v) is 8.85. The molecule has 3 aromatic rings. The lowest BCUT2D eigenvalue weighted by atomic mass is 10.2. The number of para-hydroxylation sites is 1. The van der Waals surface area contributed by atoms with E-state index in [2.05, 4.69) is 5.32 Å². The van der Waals surface area contributed by atoms with Gasteiger partial charge in [0.2, 0.25) is 0 Å². The zero-order valence-corrected chi connectivity index (χ0v) is 14.7. The van der Waals surface area contributed by atoms with E-state index in [-0.39, 0.29) is 18.3 Å². The molecule has 1 aromatic heterocycles. The summed E-state index contributed by atoms with van der Waals surface area (Å²) in [4.78, 5) is 12.8. The molecule has 1 N–H and O–H groups in total. The molecule has 0 fully saturated rings. The average Bonchev–Trinajstić information content (AvgIpc) is 3.09. The molecule has 0 radical (unpaired) electrons. The molecule has 6 heteroatoms. The fourth-order valence-electron chi connectivity index (χ4n) is 2.20. The summed E-state index contributed by atoms with van der Waals surface area (Å²) in [7, 11) is 0. The topological polar surface area (TPSA) is 38.3 Å². The van der Waals surface area contributed by atoms with Gasteiger partial charge in [0.1, 0.15) is 6.61 Å². The van der Waals surface area contributed by atoms with E-state index in [0.717, 1.165) is 11.1 Å². The summed E-state index contributed by atoms with van der Waals surface area (Å²) in [6.07, 6.45) is 0. The first-order chi connectivity index (χ1) is 12.1. The maximum absolute atomic E-state index is 13.5. The van der Waals surface area contributed by atoms with Crippen molar-refractivity contribution in [3.63, 3.8) is 0 Å². The van der Waals surface area contributed by atoms with Crippen molar-refractivity contribution >= 4 is 28.8 Å². The van der Waals surface area contributed by atoms with Gasteiger partial charge in [0, 0.05) is 17.1 Å². The Kier molecular flexibility index (Phi) is 5.68. The maximum atomic E-state index is 13.5. The predicted molar refractivity (Wildman–Crippen MR) is 97.7 cm³/mol. The Balaban J connectivity index is 1.56. The van der Waals surface area contributed by atoms with Gasteiger partial charge < -0.3 is 10.1 Å². The van der Waals surface area contributed by atoms with Crippen molar-refractivity contribution in [1.29, 1.82) is 0 Å². The van der Waals surface area contributed by atoms with Crippen molar-refractivity contribution in [1.82, 2.24) is 5.32 Å². The highest BCUT2D eigenvalue weighted by molar-refractivity contribution is 7.12. The molecule has 0 aliphatic carbocycles. The zero-order chi connectivity index (χ0) is 17.6. The van der Waals surface area contributed by atoms with Crippen molar-refractivity contribution in [2.75, 3.05) is 0 Å². The van der Waals surface area contributed by atoms with Gasteiger partial charge in [0.25, 0.3) is 5.91 Å². The molecule has 3 nitrogen and oxygen atoms in total. The Morgan fingerprint density at radius 1 is 1.16 bits per heavy atom. The van der Waals surface area contributed by atoms with E-state index in [9.17, 15) is 9.18 Å². The molecule has 128 valence electrons. The third-order valence-electron chi connectivity index (χ3n) is 3.51. The minimum Gasteiger partial charge on any atom is -0.486 e. The normalized spacial score (nSPS) is 10.5. The van der Waals surface area contributed by atoms with E-state index in [1.807, 2.05) is 23.6 Å². The smallest absolute Gasteiger partial charge is 0.261 e. The molecule has 0 spiro atoms. The van der Waals surface area contributed by atoms with Crippen LogP contribution >= 0.6 is 22.9 Å². The number of amides is 1. The molecule has 1 heterocycles. The summed E-state index contributed by atoms with van der Waals surface area (Å²) in [5.74, 6) is -0.393. The molecule has 0 aliphatic rings. The van der Waals surface area contributed by atoms with Crippen molar-refractivity contribution < 1.29 is 13.9 Å². The predicted octanol–water partition coefficient (Wildman–Crippen LogP) is 5.05. The molecule has 0 saturated carbocycles. The molecular formula is C19H15ClFNO2S. The Bertz CT molecular complexity index is 881. The number of carbonyl (C=O) groups excluding carboxylic acids is 1. The standard InChI is InChI=1S/C19H15ClFNO2S/c20-15-6-2-1-5-14(15)10-22-19(23)18-9-13(12-25-18)11-24-17-8-4-3-7-16(17)21/h1-9,12H,10-11H2,(H,22,23). The lowest BCUT2D eigenvalue weighted by molar-refractivity contribution is 0.0955. The summed E-state index contributed by atoms with van der Waals surface area (Å²) < 4.78 is 19.0. The van der Waals surface area contributed by atoms with Crippen molar-refractivity contribution in [3.05, 3.63) is 86.8 Å². The number of hydrogen-bond donors (Lipinski definition) is 1. The summed E-state index contributed by atoms with van der Waals surface area (Å²) in [5, 5.41) is 5.28. The van der Waals surface area contributed by atoms with Crippen LogP contribution in [0, 0.1) is 5.82 Å². The Hall–Kier alpha value is -2.37. The first-order valence-electron chi connectivity index (χ1n) is 7.60. The molecule has 25 heavy (non-hydrogen) atoms. The lowest BCUT2D eigenvalue weighted by Gasteiger charge is -2.06. The van der Waals surface area contributed by atoms with Crippen LogP contribution in [0.25, 0.3) is 0 Å². The lowest BCUT2D eigenvalue weighted by Crippen LogP contribution is -2.21. The van der Waals surface area contributed by atoms with E-state index in [0.29, 0.717) is 16.4 Å². The third-order valence-corrected chi connectivity index (χ3v) is 4.85. The Morgan fingerprint density at radius 3 is 2.72 bits per heavy atom. The molecule has 3 rings (SSSR count). The zero-order valence-electron chi connectivity index (χ0n) is 13.2. The fourth-order valence-corrected chi connectivity index (χ4v) is 3.21. The van der Waals surface area contributed by atoms with Gasteiger partial charge in [-0.1, -0.05) is 41.9 Å². The minimum atomic E-state index is -0.407. The number of carbonyl (C=O) groups is 1. The van der Waals surface area contributed by atoms with Gasteiger partial charge in [-0.3, -0.25) is 4.79 Å². The van der Waals surface area contributed by atoms with Crippen LogP contribution in [0.5, 0.6) is 5.75 Å². The highest BCUT2D eigenvalue weighted by Gasteiger charge is 2.11. The largest absolute Gasteiger partial charge is 0.486 e. The molecule has 0 bridgehead atoms. The van der Waals surface area contributed by atoms with Crippen LogP contribution in [0.4, 0.5) is 4.39 Å². The van der Waals surface area contributed by atoms with Gasteiger partial charge in [-0.15, -0.1) is 11.3 Å². The summed E-state index contributed by atoms with van der Waals surface area (Å²) in [5.41, 5.74) is 1.67. The maximum Gasteiger partial charge on any atom is 0.261 e. The molecule has 0 unspecified atom stereocenters. The molecule has 2 aromatic carbocycles. The van der Waals surface area contributed by atoms with E-state index >= 15 is 0 Å². The molecular weight excluding hydrogens is 361 g/mol. The van der Waals surface area contributed by atoms with E-state index in [1.54, 1.807) is 30.3 Å². The summed E-state index contributed by atoms with van der Waals surface area (Å²) >= 11 is 7.39. The molecule has 1 amide bonds. The number of nitrogens with one attached hydrogen (secondary N) is 1. The number of rotatable bonds is 6. The summed E-state index contributed by atoms with van der Waals surface area (Å²) in [6.45, 7) is 0.562. The van der Waals surface area contributed by atoms with Gasteiger partial charge in [0.15, 0.2) is 11.6 Å². The number of ether oxygens (including phenoxy) is 1. The number of hydrogen-bond acceptors (Lipinski definition) is 3. The second kappa shape index (κ2) is 8.14. The van der Waals surface area contributed by atoms with Gasteiger partial charge in [-0.25, -0.2) is 4.39 Å². The number of halogens is 2. The van der Waals surface area contributed by atoms with Gasteiger partial charge in [0.05, 0.1) is 4.88 Å². The number of benzene rings is 2. The minimum absolute atomic E-state index is 0.179. The average molecular weight is 376 g/mol. The van der Waals surface area contributed by atoms with Crippen LogP contribution in [-0.4, -0.2) is 5.91 Å². The monoisotopic (exact) mass is 375 g/mol. The fraction of sp³-hybridized carbons (Fsp3) is 0.105. The quantitative estimate of drug-likeness (QED) is 0.654. The molecule has 0 aliphatic heterocycles. The van der Waals surface area contributed by atoms with Crippen LogP contribution in [-0.2, 0) is 13.2 Å². The highest BCUT2D eigenvalue weighted by atomic mass is 35.5. The van der Waals surface area contributed by atoms with E-state index in [1.165, 1.54) is 17.4 Å². The van der Waals surface area contributed by atoms with Gasteiger partial charge in [-0.2, -0.15) is 0 Å². The summed E-state index contributed by atoms with van der Waals surface area (Å²) in [6, 6.07) is 15.3. The van der Waals surface area contributed by atoms with Gasteiger partial charge in [-0.05, 0) is 35.2 Å². The Morgan fingerprint density at radius 2 is 1.92 bits per heavy atom. The molecule has 0 saturated heterocycles. The van der Waals surface area contributed by atoms with Crippen molar-refractivity contribution in [3.8, 4) is 5.75 Å². The Labute approximate surface area is 154 Å². The second-order valence-electron chi connectivity index (χ2n) is 5.31. The number of thiophene rings is 1. The van der Waals surface area contributed by atoms with Crippen LogP contribution < -0.4 is 10.1 Å². The first kappa shape index (κ1) is 17.5. The van der Waals surface area contributed by atoms with Crippen LogP contribution in [0.1, 0.15) is 20.8 Å². The van der Waals surface area contributed by atoms with Crippen LogP contribution in [0.15, 0.2) is 60.0 Å². The van der Waals surface area contributed by atoms with Gasteiger partial charge >= 0.3 is 0 Å². The van der Waals surface area contributed by atoms with E-state index in [4.69, 9.17) is 16.3 Å². The van der Waals surface area contributed by atoms with Crippen molar-refractivity contribution in [2.45, 2.75) is 13.2 Å². The third kappa shape index (κ3) is 4.59. The second-order valence-corrected chi connectivity index (χ2v) is 6.63. The van der Waals surface area contributed by atoms with Crippen molar-refractivity contribution in [2.24, 2.45) is 0 Å².